The van der Waals surface area contributed by atoms with E-state index in [0.717, 1.165) is 0 Å². The van der Waals surface area contributed by atoms with Crippen molar-refractivity contribution in [2.75, 3.05) is 19.5 Å². The van der Waals surface area contributed by atoms with E-state index in [0.29, 0.717) is 27.8 Å². The van der Waals surface area contributed by atoms with Gasteiger partial charge in [0.15, 0.2) is 6.10 Å². The molecule has 1 atom stereocenters. The number of benzene rings is 2. The Labute approximate surface area is 162 Å². The number of halogens is 1. The number of amides is 1. The van der Waals surface area contributed by atoms with Crippen molar-refractivity contribution >= 4 is 35.2 Å². The molecule has 0 aliphatic rings. The van der Waals surface area contributed by atoms with E-state index >= 15 is 0 Å². The first-order chi connectivity index (χ1) is 12.9. The minimum Gasteiger partial charge on any atom is -0.497 e. The highest BCUT2D eigenvalue weighted by molar-refractivity contribution is 6.30. The van der Waals surface area contributed by atoms with E-state index < -0.39 is 18.0 Å². The summed E-state index contributed by atoms with van der Waals surface area (Å²) in [6, 6.07) is 11.9. The maximum absolute atomic E-state index is 12.1. The van der Waals surface area contributed by atoms with Crippen molar-refractivity contribution in [3.05, 3.63) is 59.1 Å². The number of carbonyl (C=O) groups is 2. The zero-order valence-corrected chi connectivity index (χ0v) is 15.9. The lowest BCUT2D eigenvalue weighted by molar-refractivity contribution is -0.148. The van der Waals surface area contributed by atoms with Crippen LogP contribution in [0.15, 0.2) is 48.5 Å². The molecule has 0 saturated carbocycles. The standard InChI is InChI=1S/C20H20ClNO5/c1-13(20(24)22-16-6-4-5-15(21)12-16)27-19(23)10-7-14-11-17(25-2)8-9-18(14)26-3/h4-13H,1-3H3,(H,22,24)/b10-7+/t13-/m0/s1. The van der Waals surface area contributed by atoms with Crippen LogP contribution in [0, 0.1) is 0 Å². The number of hydrogen-bond acceptors (Lipinski definition) is 5. The molecule has 27 heavy (non-hydrogen) atoms. The zero-order chi connectivity index (χ0) is 19.8. The average molecular weight is 390 g/mol. The van der Waals surface area contributed by atoms with E-state index in [-0.39, 0.29) is 0 Å². The number of methoxy groups -OCH3 is 2. The van der Waals surface area contributed by atoms with Crippen LogP contribution in [0.25, 0.3) is 6.08 Å². The van der Waals surface area contributed by atoms with E-state index in [1.165, 1.54) is 26.2 Å². The highest BCUT2D eigenvalue weighted by atomic mass is 35.5. The van der Waals surface area contributed by atoms with Gasteiger partial charge in [-0.1, -0.05) is 17.7 Å². The first-order valence-electron chi connectivity index (χ1n) is 8.10. The van der Waals surface area contributed by atoms with Crippen LogP contribution in [-0.4, -0.2) is 32.2 Å². The summed E-state index contributed by atoms with van der Waals surface area (Å²) in [6.45, 7) is 1.48. The molecule has 2 aromatic carbocycles. The van der Waals surface area contributed by atoms with Gasteiger partial charge in [0.05, 0.1) is 14.2 Å². The monoisotopic (exact) mass is 389 g/mol. The molecular formula is C20H20ClNO5. The second-order valence-corrected chi connectivity index (χ2v) is 5.96. The molecule has 6 nitrogen and oxygen atoms in total. The van der Waals surface area contributed by atoms with Crippen LogP contribution in [0.1, 0.15) is 12.5 Å². The molecule has 0 bridgehead atoms. The van der Waals surface area contributed by atoms with Gasteiger partial charge < -0.3 is 19.5 Å². The van der Waals surface area contributed by atoms with Gasteiger partial charge in [-0.05, 0) is 49.4 Å². The van der Waals surface area contributed by atoms with Crippen LogP contribution in [0.4, 0.5) is 5.69 Å². The van der Waals surface area contributed by atoms with E-state index in [2.05, 4.69) is 5.32 Å². The Morgan fingerprint density at radius 3 is 2.56 bits per heavy atom. The fraction of sp³-hybridized carbons (Fsp3) is 0.200. The van der Waals surface area contributed by atoms with Crippen molar-refractivity contribution in [2.24, 2.45) is 0 Å². The summed E-state index contributed by atoms with van der Waals surface area (Å²) in [5.41, 5.74) is 1.16. The molecular weight excluding hydrogens is 370 g/mol. The van der Waals surface area contributed by atoms with Crippen molar-refractivity contribution in [1.29, 1.82) is 0 Å². The summed E-state index contributed by atoms with van der Waals surface area (Å²) in [5, 5.41) is 3.13. The number of hydrogen-bond donors (Lipinski definition) is 1. The van der Waals surface area contributed by atoms with Crippen LogP contribution >= 0.6 is 11.6 Å². The van der Waals surface area contributed by atoms with Gasteiger partial charge in [0.2, 0.25) is 0 Å². The molecule has 0 unspecified atom stereocenters. The maximum Gasteiger partial charge on any atom is 0.331 e. The van der Waals surface area contributed by atoms with Gasteiger partial charge in [-0.3, -0.25) is 4.79 Å². The molecule has 0 heterocycles. The Morgan fingerprint density at radius 1 is 1.11 bits per heavy atom. The Kier molecular flexibility index (Phi) is 7.25. The first kappa shape index (κ1) is 20.3. The fourth-order valence-corrected chi connectivity index (χ4v) is 2.39. The van der Waals surface area contributed by atoms with E-state index in [1.807, 2.05) is 0 Å². The number of ether oxygens (including phenoxy) is 3. The Hall–Kier alpha value is -2.99. The Balaban J connectivity index is 1.98. The number of esters is 1. The van der Waals surface area contributed by atoms with Crippen molar-refractivity contribution in [1.82, 2.24) is 0 Å². The molecule has 0 saturated heterocycles. The SMILES string of the molecule is COc1ccc(OC)c(/C=C/C(=O)O[C@@H](C)C(=O)Nc2cccc(Cl)c2)c1. The normalized spacial score (nSPS) is 11.7. The smallest absolute Gasteiger partial charge is 0.331 e. The molecule has 7 heteroatoms. The van der Waals surface area contributed by atoms with Crippen LogP contribution in [0.5, 0.6) is 11.5 Å². The van der Waals surface area contributed by atoms with Crippen LogP contribution in [0.3, 0.4) is 0 Å². The van der Waals surface area contributed by atoms with Gasteiger partial charge in [-0.15, -0.1) is 0 Å². The van der Waals surface area contributed by atoms with Gasteiger partial charge in [0.1, 0.15) is 11.5 Å². The first-order valence-corrected chi connectivity index (χ1v) is 8.48. The third-order valence-corrected chi connectivity index (χ3v) is 3.83. The summed E-state index contributed by atoms with van der Waals surface area (Å²) in [7, 11) is 3.07. The molecule has 0 fully saturated rings. The predicted molar refractivity (Wildman–Crippen MR) is 104 cm³/mol. The minimum absolute atomic E-state index is 0.460. The summed E-state index contributed by atoms with van der Waals surface area (Å²) in [4.78, 5) is 24.1. The third kappa shape index (κ3) is 6.04. The molecule has 0 aromatic heterocycles. The van der Waals surface area contributed by atoms with Crippen molar-refractivity contribution in [2.45, 2.75) is 13.0 Å². The molecule has 1 N–H and O–H groups in total. The average Bonchev–Trinajstić information content (AvgIpc) is 2.66. The lowest BCUT2D eigenvalue weighted by Gasteiger charge is -2.12. The number of rotatable bonds is 7. The highest BCUT2D eigenvalue weighted by Crippen LogP contribution is 2.25. The molecule has 0 aliphatic carbocycles. The number of carbonyl (C=O) groups excluding carboxylic acids is 2. The Bertz CT molecular complexity index is 850. The molecule has 0 radical (unpaired) electrons. The van der Waals surface area contributed by atoms with E-state index in [1.54, 1.807) is 49.6 Å². The second kappa shape index (κ2) is 9.64. The Morgan fingerprint density at radius 2 is 1.89 bits per heavy atom. The quantitative estimate of drug-likeness (QED) is 0.573. The molecule has 0 spiro atoms. The minimum atomic E-state index is -0.978. The van der Waals surface area contributed by atoms with Gasteiger partial charge in [0, 0.05) is 22.3 Å². The fourth-order valence-electron chi connectivity index (χ4n) is 2.20. The number of nitrogens with one attached hydrogen (secondary N) is 1. The summed E-state index contributed by atoms with van der Waals surface area (Å²) in [6.07, 6.45) is 1.78. The second-order valence-electron chi connectivity index (χ2n) is 5.52. The van der Waals surface area contributed by atoms with Crippen LogP contribution < -0.4 is 14.8 Å². The molecule has 0 aliphatic heterocycles. The van der Waals surface area contributed by atoms with Crippen molar-refractivity contribution in [3.8, 4) is 11.5 Å². The number of anilines is 1. The maximum atomic E-state index is 12.1. The van der Waals surface area contributed by atoms with Crippen molar-refractivity contribution in [3.63, 3.8) is 0 Å². The molecule has 2 rings (SSSR count). The van der Waals surface area contributed by atoms with E-state index in [4.69, 9.17) is 25.8 Å². The largest absolute Gasteiger partial charge is 0.497 e. The van der Waals surface area contributed by atoms with Gasteiger partial charge >= 0.3 is 5.97 Å². The molecule has 1 amide bonds. The molecule has 2 aromatic rings. The highest BCUT2D eigenvalue weighted by Gasteiger charge is 2.17. The van der Waals surface area contributed by atoms with Crippen molar-refractivity contribution < 1.29 is 23.8 Å². The summed E-state index contributed by atoms with van der Waals surface area (Å²) < 4.78 is 15.5. The zero-order valence-electron chi connectivity index (χ0n) is 15.2. The lowest BCUT2D eigenvalue weighted by Crippen LogP contribution is -2.29. The summed E-state index contributed by atoms with van der Waals surface area (Å²) >= 11 is 5.87. The van der Waals surface area contributed by atoms with Gasteiger partial charge in [0.25, 0.3) is 5.91 Å². The van der Waals surface area contributed by atoms with Crippen LogP contribution in [0.2, 0.25) is 5.02 Å². The summed E-state index contributed by atoms with van der Waals surface area (Å²) in [5.74, 6) is 0.0799. The van der Waals surface area contributed by atoms with Crippen LogP contribution in [-0.2, 0) is 14.3 Å². The predicted octanol–water partition coefficient (Wildman–Crippen LogP) is 3.94. The topological polar surface area (TPSA) is 73.9 Å². The van der Waals surface area contributed by atoms with E-state index in [9.17, 15) is 9.59 Å². The van der Waals surface area contributed by atoms with Gasteiger partial charge in [-0.25, -0.2) is 4.79 Å². The van der Waals surface area contributed by atoms with Gasteiger partial charge in [-0.2, -0.15) is 0 Å². The molecule has 142 valence electrons. The lowest BCUT2D eigenvalue weighted by atomic mass is 10.1. The third-order valence-electron chi connectivity index (χ3n) is 3.59.